The van der Waals surface area contributed by atoms with Crippen LogP contribution >= 0.6 is 0 Å². The minimum atomic E-state index is 0.356. The molecule has 2 aromatic heterocycles. The average molecular weight is 267 g/mol. The molecule has 0 atom stereocenters. The van der Waals surface area contributed by atoms with Gasteiger partial charge in [0, 0.05) is 18.0 Å². The maximum absolute atomic E-state index is 5.92. The molecule has 0 saturated heterocycles. The third-order valence-electron chi connectivity index (χ3n) is 3.02. The number of hydrogen-bond acceptors (Lipinski definition) is 5. The van der Waals surface area contributed by atoms with E-state index >= 15 is 0 Å². The molecule has 0 radical (unpaired) electrons. The fourth-order valence-corrected chi connectivity index (χ4v) is 2.06. The second-order valence-corrected chi connectivity index (χ2v) is 4.24. The normalized spacial score (nSPS) is 10.4. The number of ether oxygens (including phenoxy) is 1. The number of benzene rings is 1. The summed E-state index contributed by atoms with van der Waals surface area (Å²) >= 11 is 0. The second kappa shape index (κ2) is 5.05. The standard InChI is InChI=1S/C15H13N3O2/c1-19-12-4-2-3-11(9-12)14-13(15(16)18-20-14)10-5-7-17-8-6-10/h2-9H,1H3,(H2,16,18). The summed E-state index contributed by atoms with van der Waals surface area (Å²) < 4.78 is 10.6. The van der Waals surface area contributed by atoms with Crippen LogP contribution in [0.3, 0.4) is 0 Å². The summed E-state index contributed by atoms with van der Waals surface area (Å²) in [6.45, 7) is 0. The van der Waals surface area contributed by atoms with Gasteiger partial charge in [-0.1, -0.05) is 17.3 Å². The van der Waals surface area contributed by atoms with E-state index in [1.54, 1.807) is 19.5 Å². The van der Waals surface area contributed by atoms with Crippen LogP contribution < -0.4 is 10.5 Å². The molecule has 2 N–H and O–H groups in total. The number of hydrogen-bond donors (Lipinski definition) is 1. The van der Waals surface area contributed by atoms with Crippen molar-refractivity contribution in [3.8, 4) is 28.2 Å². The molecule has 0 aliphatic heterocycles. The smallest absolute Gasteiger partial charge is 0.177 e. The molecule has 0 bridgehead atoms. The lowest BCUT2D eigenvalue weighted by Crippen LogP contribution is -1.89. The van der Waals surface area contributed by atoms with Gasteiger partial charge in [-0.25, -0.2) is 0 Å². The van der Waals surface area contributed by atoms with Crippen molar-refractivity contribution < 1.29 is 9.26 Å². The maximum Gasteiger partial charge on any atom is 0.177 e. The van der Waals surface area contributed by atoms with Gasteiger partial charge in [-0.05, 0) is 29.8 Å². The minimum absolute atomic E-state index is 0.356. The van der Waals surface area contributed by atoms with Gasteiger partial charge in [0.15, 0.2) is 11.6 Å². The van der Waals surface area contributed by atoms with Crippen LogP contribution in [0.4, 0.5) is 5.82 Å². The van der Waals surface area contributed by atoms with Gasteiger partial charge in [0.1, 0.15) is 5.75 Å². The third kappa shape index (κ3) is 2.09. The van der Waals surface area contributed by atoms with Gasteiger partial charge in [0.05, 0.1) is 12.7 Å². The van der Waals surface area contributed by atoms with Gasteiger partial charge in [-0.3, -0.25) is 4.98 Å². The zero-order valence-electron chi connectivity index (χ0n) is 10.9. The summed E-state index contributed by atoms with van der Waals surface area (Å²) in [4.78, 5) is 4.00. The van der Waals surface area contributed by atoms with E-state index in [0.717, 1.165) is 22.4 Å². The summed E-state index contributed by atoms with van der Waals surface area (Å²) in [7, 11) is 1.62. The lowest BCUT2D eigenvalue weighted by atomic mass is 10.0. The van der Waals surface area contributed by atoms with Crippen LogP contribution in [0.25, 0.3) is 22.5 Å². The Hall–Kier alpha value is -2.82. The first-order valence-corrected chi connectivity index (χ1v) is 6.09. The number of aromatic nitrogens is 2. The van der Waals surface area contributed by atoms with Crippen molar-refractivity contribution in [3.05, 3.63) is 48.8 Å². The van der Waals surface area contributed by atoms with E-state index in [2.05, 4.69) is 10.1 Å². The van der Waals surface area contributed by atoms with Gasteiger partial charge in [0.2, 0.25) is 0 Å². The molecule has 5 heteroatoms. The van der Waals surface area contributed by atoms with Crippen molar-refractivity contribution in [2.24, 2.45) is 0 Å². The Labute approximate surface area is 116 Å². The van der Waals surface area contributed by atoms with Crippen LogP contribution in [0.2, 0.25) is 0 Å². The zero-order valence-corrected chi connectivity index (χ0v) is 10.9. The first-order valence-electron chi connectivity index (χ1n) is 6.09. The van der Waals surface area contributed by atoms with E-state index in [0.29, 0.717) is 11.6 Å². The van der Waals surface area contributed by atoms with Crippen molar-refractivity contribution in [2.45, 2.75) is 0 Å². The molecule has 0 aliphatic carbocycles. The number of pyridine rings is 1. The van der Waals surface area contributed by atoms with E-state index < -0.39 is 0 Å². The van der Waals surface area contributed by atoms with Crippen LogP contribution in [-0.4, -0.2) is 17.3 Å². The first kappa shape index (κ1) is 12.2. The summed E-state index contributed by atoms with van der Waals surface area (Å²) in [5.74, 6) is 1.72. The van der Waals surface area contributed by atoms with Crippen LogP contribution in [0.1, 0.15) is 0 Å². The van der Waals surface area contributed by atoms with Crippen molar-refractivity contribution in [2.75, 3.05) is 12.8 Å². The topological polar surface area (TPSA) is 74.2 Å². The summed E-state index contributed by atoms with van der Waals surface area (Å²) in [6.07, 6.45) is 3.41. The lowest BCUT2D eigenvalue weighted by molar-refractivity contribution is 0.413. The van der Waals surface area contributed by atoms with E-state index in [-0.39, 0.29) is 0 Å². The summed E-state index contributed by atoms with van der Waals surface area (Å²) in [5, 5.41) is 3.87. The molecule has 5 nitrogen and oxygen atoms in total. The number of rotatable bonds is 3. The minimum Gasteiger partial charge on any atom is -0.497 e. The van der Waals surface area contributed by atoms with Crippen LogP contribution in [0.15, 0.2) is 53.3 Å². The molecular weight excluding hydrogens is 254 g/mol. The Kier molecular flexibility index (Phi) is 3.09. The predicted octanol–water partition coefficient (Wildman–Crippen LogP) is 2.99. The molecule has 3 rings (SSSR count). The SMILES string of the molecule is COc1cccc(-c2onc(N)c2-c2ccncc2)c1. The van der Waals surface area contributed by atoms with Crippen molar-refractivity contribution in [1.29, 1.82) is 0 Å². The van der Waals surface area contributed by atoms with Crippen LogP contribution in [0, 0.1) is 0 Å². The third-order valence-corrected chi connectivity index (χ3v) is 3.02. The zero-order chi connectivity index (χ0) is 13.9. The largest absolute Gasteiger partial charge is 0.497 e. The van der Waals surface area contributed by atoms with Crippen molar-refractivity contribution in [3.63, 3.8) is 0 Å². The first-order chi connectivity index (χ1) is 9.79. The highest BCUT2D eigenvalue weighted by Gasteiger charge is 2.17. The molecule has 0 aliphatic rings. The van der Waals surface area contributed by atoms with Gasteiger partial charge in [0.25, 0.3) is 0 Å². The highest BCUT2D eigenvalue weighted by Crippen LogP contribution is 2.37. The molecule has 0 saturated carbocycles. The fourth-order valence-electron chi connectivity index (χ4n) is 2.06. The molecule has 0 unspecified atom stereocenters. The molecule has 0 spiro atoms. The number of nitrogens with zero attached hydrogens (tertiary/aromatic N) is 2. The quantitative estimate of drug-likeness (QED) is 0.789. The molecule has 20 heavy (non-hydrogen) atoms. The lowest BCUT2D eigenvalue weighted by Gasteiger charge is -2.04. The molecule has 100 valence electrons. The average Bonchev–Trinajstić information content (AvgIpc) is 2.90. The van der Waals surface area contributed by atoms with Gasteiger partial charge < -0.3 is 15.0 Å². The van der Waals surface area contributed by atoms with E-state index in [1.807, 2.05) is 36.4 Å². The predicted molar refractivity (Wildman–Crippen MR) is 76.1 cm³/mol. The maximum atomic E-state index is 5.92. The van der Waals surface area contributed by atoms with Crippen molar-refractivity contribution in [1.82, 2.24) is 10.1 Å². The van der Waals surface area contributed by atoms with Crippen LogP contribution in [-0.2, 0) is 0 Å². The molecule has 1 aromatic carbocycles. The highest BCUT2D eigenvalue weighted by molar-refractivity contribution is 5.86. The Morgan fingerprint density at radius 1 is 1.10 bits per heavy atom. The highest BCUT2D eigenvalue weighted by atomic mass is 16.5. The van der Waals surface area contributed by atoms with Crippen LogP contribution in [0.5, 0.6) is 5.75 Å². The van der Waals surface area contributed by atoms with Crippen molar-refractivity contribution >= 4 is 5.82 Å². The van der Waals surface area contributed by atoms with Gasteiger partial charge >= 0.3 is 0 Å². The molecule has 0 fully saturated rings. The monoisotopic (exact) mass is 267 g/mol. The molecule has 3 aromatic rings. The molecular formula is C15H13N3O2. The number of nitrogens with two attached hydrogens (primary N) is 1. The van der Waals surface area contributed by atoms with E-state index in [9.17, 15) is 0 Å². The fraction of sp³-hybridized carbons (Fsp3) is 0.0667. The van der Waals surface area contributed by atoms with E-state index in [4.69, 9.17) is 15.0 Å². The summed E-state index contributed by atoms with van der Waals surface area (Å²) in [6, 6.07) is 11.3. The Balaban J connectivity index is 2.16. The molecule has 0 amide bonds. The Bertz CT molecular complexity index is 723. The second-order valence-electron chi connectivity index (χ2n) is 4.24. The van der Waals surface area contributed by atoms with Gasteiger partial charge in [-0.15, -0.1) is 0 Å². The number of methoxy groups -OCH3 is 1. The van der Waals surface area contributed by atoms with Gasteiger partial charge in [-0.2, -0.15) is 0 Å². The Morgan fingerprint density at radius 2 is 1.90 bits per heavy atom. The van der Waals surface area contributed by atoms with E-state index in [1.165, 1.54) is 0 Å². The number of nitrogen functional groups attached to an aromatic ring is 1. The number of anilines is 1. The molecule has 2 heterocycles. The summed E-state index contributed by atoms with van der Waals surface area (Å²) in [5.41, 5.74) is 8.46. The Morgan fingerprint density at radius 3 is 2.65 bits per heavy atom.